The minimum Gasteiger partial charge on any atom is -0.486 e. The number of aryl methyl sites for hydroxylation is 1. The second kappa shape index (κ2) is 7.75. The molecule has 2 aliphatic rings. The maximum Gasteiger partial charge on any atom is 0.338 e. The fourth-order valence-electron chi connectivity index (χ4n) is 3.74. The molecule has 3 heterocycles. The van der Waals surface area contributed by atoms with Crippen molar-refractivity contribution in [3.63, 3.8) is 0 Å². The Kier molecular flexibility index (Phi) is 4.78. The number of hydrogen-bond acceptors (Lipinski definition) is 7. The predicted molar refractivity (Wildman–Crippen MR) is 111 cm³/mol. The summed E-state index contributed by atoms with van der Waals surface area (Å²) in [5.74, 6) is 0.737. The molecule has 0 fully saturated rings. The molecule has 0 saturated carbocycles. The Bertz CT molecular complexity index is 1270. The van der Waals surface area contributed by atoms with E-state index in [9.17, 15) is 14.4 Å². The van der Waals surface area contributed by atoms with E-state index < -0.39 is 18.5 Å². The molecule has 31 heavy (non-hydrogen) atoms. The molecule has 9 heteroatoms. The van der Waals surface area contributed by atoms with Gasteiger partial charge in [-0.1, -0.05) is 0 Å². The van der Waals surface area contributed by atoms with Crippen molar-refractivity contribution in [3.05, 3.63) is 58.1 Å². The zero-order valence-electron chi connectivity index (χ0n) is 16.6. The second-order valence-corrected chi connectivity index (χ2v) is 7.30. The number of rotatable bonds is 4. The fourth-order valence-corrected chi connectivity index (χ4v) is 3.74. The summed E-state index contributed by atoms with van der Waals surface area (Å²) in [6.07, 6.45) is 1.62. The number of carbonyl (C=O) groups excluding carboxylic acids is 2. The third-order valence-corrected chi connectivity index (χ3v) is 5.21. The van der Waals surface area contributed by atoms with Crippen LogP contribution in [0.4, 0.5) is 5.69 Å². The number of anilines is 1. The van der Waals surface area contributed by atoms with Gasteiger partial charge in [-0.05, 0) is 36.8 Å². The van der Waals surface area contributed by atoms with Crippen molar-refractivity contribution in [3.8, 4) is 11.5 Å². The molecule has 5 rings (SSSR count). The first-order valence-electron chi connectivity index (χ1n) is 9.98. The number of hydrogen-bond donors (Lipinski definition) is 1. The first-order valence-corrected chi connectivity index (χ1v) is 9.98. The minimum atomic E-state index is -0.665. The van der Waals surface area contributed by atoms with Gasteiger partial charge >= 0.3 is 5.97 Å². The zero-order chi connectivity index (χ0) is 21.4. The maximum atomic E-state index is 12.5. The molecule has 0 bridgehead atoms. The van der Waals surface area contributed by atoms with Crippen molar-refractivity contribution in [2.75, 3.05) is 25.1 Å². The number of fused-ring (bicyclic) bond motifs is 3. The normalized spacial score (nSPS) is 14.2. The van der Waals surface area contributed by atoms with Crippen LogP contribution in [0.1, 0.15) is 22.6 Å². The topological polar surface area (TPSA) is 109 Å². The van der Waals surface area contributed by atoms with E-state index >= 15 is 0 Å². The molecule has 0 spiro atoms. The van der Waals surface area contributed by atoms with Gasteiger partial charge in [0.05, 0.1) is 16.5 Å². The van der Waals surface area contributed by atoms with E-state index in [2.05, 4.69) is 10.3 Å². The molecule has 0 atom stereocenters. The molecular formula is C22H19N3O6. The van der Waals surface area contributed by atoms with Crippen LogP contribution < -0.4 is 20.3 Å². The van der Waals surface area contributed by atoms with Crippen LogP contribution in [-0.2, 0) is 22.5 Å². The predicted octanol–water partition coefficient (Wildman–Crippen LogP) is 1.91. The second-order valence-electron chi connectivity index (χ2n) is 7.30. The van der Waals surface area contributed by atoms with Crippen LogP contribution in [0.3, 0.4) is 0 Å². The van der Waals surface area contributed by atoms with Crippen LogP contribution in [0.5, 0.6) is 11.5 Å². The molecular weight excluding hydrogens is 402 g/mol. The van der Waals surface area contributed by atoms with Crippen molar-refractivity contribution in [1.82, 2.24) is 9.55 Å². The lowest BCUT2D eigenvalue weighted by Gasteiger charge is -2.19. The average molecular weight is 421 g/mol. The van der Waals surface area contributed by atoms with Gasteiger partial charge in [0.15, 0.2) is 18.1 Å². The number of aromatic nitrogens is 2. The SMILES string of the molecule is O=C(COC(=O)c1ccc2c(=O)n3c(nc2c1)CCC3)Nc1ccc2c(c1)OCCO2. The molecule has 1 aromatic heterocycles. The number of carbonyl (C=O) groups is 2. The average Bonchev–Trinajstić information content (AvgIpc) is 3.26. The molecule has 0 unspecified atom stereocenters. The molecule has 2 aliphatic heterocycles. The van der Waals surface area contributed by atoms with Crippen LogP contribution in [0.25, 0.3) is 10.9 Å². The molecule has 0 saturated heterocycles. The summed E-state index contributed by atoms with van der Waals surface area (Å²) in [4.78, 5) is 41.6. The number of amides is 1. The third-order valence-electron chi connectivity index (χ3n) is 5.21. The van der Waals surface area contributed by atoms with E-state index in [1.165, 1.54) is 12.1 Å². The summed E-state index contributed by atoms with van der Waals surface area (Å²) in [6.45, 7) is 1.14. The largest absolute Gasteiger partial charge is 0.486 e. The van der Waals surface area contributed by atoms with Gasteiger partial charge in [-0.3, -0.25) is 14.2 Å². The standard InChI is InChI=1S/C22H19N3O6/c26-20(23-14-4-6-17-18(11-14)30-9-8-29-17)12-31-22(28)13-3-5-15-16(10-13)24-19-2-1-7-25(19)21(15)27/h3-6,10-11H,1-2,7-9,12H2,(H,23,26). The van der Waals surface area contributed by atoms with E-state index in [-0.39, 0.29) is 11.1 Å². The number of esters is 1. The number of benzene rings is 2. The van der Waals surface area contributed by atoms with Gasteiger partial charge in [0, 0.05) is 24.7 Å². The van der Waals surface area contributed by atoms with Gasteiger partial charge in [0.2, 0.25) is 0 Å². The molecule has 9 nitrogen and oxygen atoms in total. The maximum absolute atomic E-state index is 12.5. The van der Waals surface area contributed by atoms with Gasteiger partial charge in [-0.2, -0.15) is 0 Å². The monoisotopic (exact) mass is 421 g/mol. The number of nitrogens with zero attached hydrogens (tertiary/aromatic N) is 2. The van der Waals surface area contributed by atoms with Crippen molar-refractivity contribution in [2.45, 2.75) is 19.4 Å². The van der Waals surface area contributed by atoms with Crippen LogP contribution in [0, 0.1) is 0 Å². The Labute approximate surface area is 176 Å². The molecule has 2 aromatic carbocycles. The highest BCUT2D eigenvalue weighted by Crippen LogP contribution is 2.32. The molecule has 158 valence electrons. The van der Waals surface area contributed by atoms with Crippen LogP contribution in [0.2, 0.25) is 0 Å². The lowest BCUT2D eigenvalue weighted by atomic mass is 10.1. The first-order chi connectivity index (χ1) is 15.1. The molecule has 0 radical (unpaired) electrons. The summed E-state index contributed by atoms with van der Waals surface area (Å²) in [6, 6.07) is 9.64. The summed E-state index contributed by atoms with van der Waals surface area (Å²) in [5, 5.41) is 3.11. The lowest BCUT2D eigenvalue weighted by molar-refractivity contribution is -0.119. The highest BCUT2D eigenvalue weighted by atomic mass is 16.6. The van der Waals surface area contributed by atoms with Crippen molar-refractivity contribution < 1.29 is 23.8 Å². The molecule has 3 aromatic rings. The Morgan fingerprint density at radius 3 is 2.81 bits per heavy atom. The van der Waals surface area contributed by atoms with Crippen molar-refractivity contribution in [2.24, 2.45) is 0 Å². The molecule has 0 aliphatic carbocycles. The summed E-state index contributed by atoms with van der Waals surface area (Å²) in [7, 11) is 0. The summed E-state index contributed by atoms with van der Waals surface area (Å²) < 4.78 is 17.7. The van der Waals surface area contributed by atoms with E-state index in [1.54, 1.807) is 28.8 Å². The van der Waals surface area contributed by atoms with E-state index in [4.69, 9.17) is 14.2 Å². The van der Waals surface area contributed by atoms with Gasteiger partial charge < -0.3 is 19.5 Å². The quantitative estimate of drug-likeness (QED) is 0.641. The van der Waals surface area contributed by atoms with Gasteiger partial charge in [0.25, 0.3) is 11.5 Å². The molecule has 1 N–H and O–H groups in total. The van der Waals surface area contributed by atoms with E-state index in [0.29, 0.717) is 47.8 Å². The number of nitrogens with one attached hydrogen (secondary N) is 1. The Morgan fingerprint density at radius 2 is 1.94 bits per heavy atom. The fraction of sp³-hybridized carbons (Fsp3) is 0.273. The Balaban J connectivity index is 1.25. The minimum absolute atomic E-state index is 0.101. The van der Waals surface area contributed by atoms with Crippen LogP contribution in [0.15, 0.2) is 41.2 Å². The number of ether oxygens (including phenoxy) is 3. The van der Waals surface area contributed by atoms with Crippen LogP contribution >= 0.6 is 0 Å². The van der Waals surface area contributed by atoms with Gasteiger partial charge in [-0.25, -0.2) is 9.78 Å². The van der Waals surface area contributed by atoms with E-state index in [1.807, 2.05) is 0 Å². The van der Waals surface area contributed by atoms with Gasteiger partial charge in [-0.15, -0.1) is 0 Å². The van der Waals surface area contributed by atoms with Crippen molar-refractivity contribution >= 4 is 28.5 Å². The van der Waals surface area contributed by atoms with Crippen molar-refractivity contribution in [1.29, 1.82) is 0 Å². The first kappa shape index (κ1) is 19.1. The van der Waals surface area contributed by atoms with Gasteiger partial charge in [0.1, 0.15) is 19.0 Å². The molecule has 1 amide bonds. The van der Waals surface area contributed by atoms with Crippen LogP contribution in [-0.4, -0.2) is 41.2 Å². The smallest absolute Gasteiger partial charge is 0.338 e. The Morgan fingerprint density at radius 1 is 1.10 bits per heavy atom. The summed E-state index contributed by atoms with van der Waals surface area (Å²) >= 11 is 0. The highest BCUT2D eigenvalue weighted by molar-refractivity contribution is 5.97. The third kappa shape index (κ3) is 3.70. The highest BCUT2D eigenvalue weighted by Gasteiger charge is 2.18. The lowest BCUT2D eigenvalue weighted by Crippen LogP contribution is -2.22. The Hall–Kier alpha value is -3.88. The zero-order valence-corrected chi connectivity index (χ0v) is 16.6. The van der Waals surface area contributed by atoms with E-state index in [0.717, 1.165) is 18.7 Å². The summed E-state index contributed by atoms with van der Waals surface area (Å²) in [5.41, 5.74) is 1.09.